The van der Waals surface area contributed by atoms with Crippen LogP contribution in [0.5, 0.6) is 0 Å². The number of pyridine rings is 1. The van der Waals surface area contributed by atoms with Crippen LogP contribution in [0.2, 0.25) is 17.3 Å². The molecule has 1 atom stereocenters. The van der Waals surface area contributed by atoms with Gasteiger partial charge in [0.1, 0.15) is 5.58 Å². The minimum Gasteiger partial charge on any atom is -0.501 e. The number of furan rings is 1. The number of benzene rings is 6. The summed E-state index contributed by atoms with van der Waals surface area (Å²) in [5.41, 5.74) is 9.24. The zero-order valence-corrected chi connectivity index (χ0v) is 34.3. The summed E-state index contributed by atoms with van der Waals surface area (Å²) in [4.78, 5) is 9.69. The molecule has 10 rings (SSSR count). The van der Waals surface area contributed by atoms with Crippen LogP contribution in [0.15, 0.2) is 155 Å². The predicted molar refractivity (Wildman–Crippen MR) is 218 cm³/mol. The molecule has 9 aromatic rings. The fourth-order valence-corrected chi connectivity index (χ4v) is 10.3. The zero-order chi connectivity index (χ0) is 34.5. The molecule has 4 heterocycles. The van der Waals surface area contributed by atoms with E-state index in [1.807, 2.05) is 60.0 Å². The van der Waals surface area contributed by atoms with Crippen LogP contribution in [0.3, 0.4) is 0 Å². The summed E-state index contributed by atoms with van der Waals surface area (Å²) < 4.78 is 10.5. The molecule has 255 valence electrons. The smallest absolute Gasteiger partial charge is 0.120 e. The number of fused-ring (bicyclic) bond motifs is 7. The number of rotatable bonds is 4. The Bertz CT molecular complexity index is 2740. The largest absolute Gasteiger partial charge is 0.501 e. The van der Waals surface area contributed by atoms with E-state index >= 15 is 0 Å². The Hall–Kier alpha value is -4.65. The molecule has 0 fully saturated rings. The Labute approximate surface area is 323 Å². The standard InChI is InChI=1S/C32H18NOS.C14H16GeN.Ir/c1-4-13-26-23(10-1)30(19-16-17-29-25(18-19)21-9-3-6-15-28(21)35-29)31(33-26)24-12-7-11-22-20-8-2-5-14-27(20)34-32(22)24;1-15(2,3)13-9-10-14(16-11-13)12-7-5-4-6-8-12;/h1-11,13-18,30H;4-7,9-11H,1-3H3;/q2*-1;. The van der Waals surface area contributed by atoms with E-state index in [4.69, 9.17) is 9.41 Å². The summed E-state index contributed by atoms with van der Waals surface area (Å²) in [5.74, 6) is 7.16. The van der Waals surface area contributed by atoms with Gasteiger partial charge in [-0.1, -0.05) is 71.6 Å². The minimum absolute atomic E-state index is 0. The third-order valence-corrected chi connectivity index (χ3v) is 15.1. The van der Waals surface area contributed by atoms with Crippen molar-refractivity contribution in [2.24, 2.45) is 4.99 Å². The Morgan fingerprint density at radius 3 is 2.25 bits per heavy atom. The van der Waals surface area contributed by atoms with Gasteiger partial charge in [0.2, 0.25) is 0 Å². The molecule has 0 spiro atoms. The van der Waals surface area contributed by atoms with Gasteiger partial charge in [-0.2, -0.15) is 0 Å². The number of thiophene rings is 1. The third-order valence-electron chi connectivity index (χ3n) is 9.71. The van der Waals surface area contributed by atoms with Crippen molar-refractivity contribution >= 4 is 82.5 Å². The molecule has 0 aliphatic carbocycles. The molecule has 1 aliphatic heterocycles. The van der Waals surface area contributed by atoms with Gasteiger partial charge in [-0.05, 0) is 47.2 Å². The first kappa shape index (κ1) is 34.4. The van der Waals surface area contributed by atoms with Crippen LogP contribution in [-0.4, -0.2) is 24.0 Å². The molecule has 3 nitrogen and oxygen atoms in total. The van der Waals surface area contributed by atoms with Gasteiger partial charge in [0, 0.05) is 51.6 Å². The molecule has 1 radical (unpaired) electrons. The number of hydrogen-bond acceptors (Lipinski definition) is 4. The monoisotopic (exact) mass is 929 g/mol. The number of para-hydroxylation sites is 2. The van der Waals surface area contributed by atoms with E-state index in [2.05, 4.69) is 131 Å². The van der Waals surface area contributed by atoms with Gasteiger partial charge in [0.25, 0.3) is 0 Å². The SMILES string of the molecule is [CH3][Ge]([CH3])([CH3])[c]1ccc(-c2[c-]cccc2)nc1.[Ir].[c-]1ccc2c(oc3ccccc32)c1C1=Nc2ccccc2C1c1ccc2sc3ccccc3c2c1. The summed E-state index contributed by atoms with van der Waals surface area (Å²) in [5, 5.41) is 4.84. The molecular weight excluding hydrogens is 893 g/mol. The first-order chi connectivity index (χ1) is 24.9. The van der Waals surface area contributed by atoms with E-state index in [9.17, 15) is 0 Å². The van der Waals surface area contributed by atoms with Crippen molar-refractivity contribution < 1.29 is 24.5 Å². The quantitative estimate of drug-likeness (QED) is 0.130. The van der Waals surface area contributed by atoms with Crippen LogP contribution in [0.4, 0.5) is 5.69 Å². The summed E-state index contributed by atoms with van der Waals surface area (Å²) >= 11 is 0.133. The maximum absolute atomic E-state index is 6.38. The van der Waals surface area contributed by atoms with Gasteiger partial charge < -0.3 is 4.42 Å². The van der Waals surface area contributed by atoms with Crippen molar-refractivity contribution in [2.75, 3.05) is 0 Å². The van der Waals surface area contributed by atoms with Crippen LogP contribution in [0.25, 0.3) is 53.4 Å². The summed E-state index contributed by atoms with van der Waals surface area (Å²) in [6.45, 7) is 0. The van der Waals surface area contributed by atoms with Crippen molar-refractivity contribution in [1.82, 2.24) is 4.98 Å². The van der Waals surface area contributed by atoms with Crippen molar-refractivity contribution in [3.05, 3.63) is 175 Å². The van der Waals surface area contributed by atoms with Gasteiger partial charge >= 0.3 is 99.8 Å². The van der Waals surface area contributed by atoms with Crippen LogP contribution in [0, 0.1) is 12.1 Å². The molecule has 1 unspecified atom stereocenters. The van der Waals surface area contributed by atoms with Crippen LogP contribution in [-0.2, 0) is 20.1 Å². The minimum atomic E-state index is -1.72. The number of nitrogens with zero attached hydrogens (tertiary/aromatic N) is 2. The molecule has 0 bridgehead atoms. The number of aromatic nitrogens is 1. The summed E-state index contributed by atoms with van der Waals surface area (Å²) in [7, 11) is 0. The third kappa shape index (κ3) is 6.26. The Balaban J connectivity index is 0.000000193. The maximum atomic E-state index is 6.38. The topological polar surface area (TPSA) is 38.4 Å². The summed E-state index contributed by atoms with van der Waals surface area (Å²) in [6, 6.07) is 55.3. The second-order valence-electron chi connectivity index (χ2n) is 14.0. The van der Waals surface area contributed by atoms with E-state index in [1.54, 1.807) is 0 Å². The van der Waals surface area contributed by atoms with Gasteiger partial charge in [0.05, 0.1) is 11.3 Å². The van der Waals surface area contributed by atoms with E-state index in [1.165, 1.54) is 35.7 Å². The van der Waals surface area contributed by atoms with Gasteiger partial charge in [-0.25, -0.2) is 0 Å². The first-order valence-corrected chi connectivity index (χ1v) is 25.4. The molecular formula is C46H34GeIrN2OS-2. The first-order valence-electron chi connectivity index (χ1n) is 17.3. The molecule has 1 aliphatic rings. The molecule has 6 heteroatoms. The van der Waals surface area contributed by atoms with Crippen LogP contribution in [0.1, 0.15) is 22.6 Å². The fourth-order valence-electron chi connectivity index (χ4n) is 7.07. The van der Waals surface area contributed by atoms with E-state index < -0.39 is 13.3 Å². The van der Waals surface area contributed by atoms with Gasteiger partial charge in [-0.15, -0.1) is 29.5 Å². The molecule has 6 aromatic carbocycles. The van der Waals surface area contributed by atoms with Gasteiger partial charge in [0.15, 0.2) is 0 Å². The van der Waals surface area contributed by atoms with Crippen LogP contribution >= 0.6 is 11.3 Å². The van der Waals surface area contributed by atoms with Crippen molar-refractivity contribution in [2.45, 2.75) is 23.2 Å². The van der Waals surface area contributed by atoms with Gasteiger partial charge in [-0.3, -0.25) is 4.99 Å². The maximum Gasteiger partial charge on any atom is 0.120 e. The average Bonchev–Trinajstić information content (AvgIpc) is 3.86. The Morgan fingerprint density at radius 2 is 1.44 bits per heavy atom. The number of hydrogen-bond donors (Lipinski definition) is 0. The molecule has 0 saturated carbocycles. The normalized spacial score (nSPS) is 13.8. The molecule has 0 saturated heterocycles. The van der Waals surface area contributed by atoms with Crippen molar-refractivity contribution in [3.63, 3.8) is 0 Å². The van der Waals surface area contributed by atoms with E-state index in [-0.39, 0.29) is 26.0 Å². The second-order valence-corrected chi connectivity index (χ2v) is 25.7. The van der Waals surface area contributed by atoms with Crippen LogP contribution < -0.4 is 4.40 Å². The van der Waals surface area contributed by atoms with Crippen molar-refractivity contribution in [3.8, 4) is 11.3 Å². The number of aliphatic imine (C=N–C) groups is 1. The average molecular weight is 928 g/mol. The molecule has 52 heavy (non-hydrogen) atoms. The molecule has 0 N–H and O–H groups in total. The second kappa shape index (κ2) is 14.1. The van der Waals surface area contributed by atoms with E-state index in [0.29, 0.717) is 0 Å². The molecule has 3 aromatic heterocycles. The predicted octanol–water partition coefficient (Wildman–Crippen LogP) is 12.1. The summed E-state index contributed by atoms with van der Waals surface area (Å²) in [6.07, 6.45) is 2.04. The Kier molecular flexibility index (Phi) is 9.31. The molecule has 0 amide bonds. The zero-order valence-electron chi connectivity index (χ0n) is 29.0. The van der Waals surface area contributed by atoms with E-state index in [0.717, 1.165) is 50.2 Å². The Morgan fingerprint density at radius 1 is 0.673 bits per heavy atom. The fraction of sp³-hybridized carbons (Fsp3) is 0.0870. The van der Waals surface area contributed by atoms with Crippen molar-refractivity contribution in [1.29, 1.82) is 0 Å².